The molecule has 2 amide bonds. The minimum absolute atomic E-state index is 0.191. The van der Waals surface area contributed by atoms with Crippen LogP contribution in [0.15, 0.2) is 58.7 Å². The van der Waals surface area contributed by atoms with E-state index in [1.165, 1.54) is 0 Å². The Morgan fingerprint density at radius 1 is 0.710 bits per heavy atom. The molecule has 164 valence electrons. The van der Waals surface area contributed by atoms with Gasteiger partial charge in [0.05, 0.1) is 11.4 Å². The molecule has 0 saturated carbocycles. The monoisotopic (exact) mass is 460 g/mol. The van der Waals surface area contributed by atoms with Crippen LogP contribution in [0.5, 0.6) is 0 Å². The molecule has 2 rings (SSSR count). The van der Waals surface area contributed by atoms with Gasteiger partial charge in [0.2, 0.25) is 11.8 Å². The van der Waals surface area contributed by atoms with Crippen LogP contribution in [-0.2, 0) is 9.59 Å². The van der Waals surface area contributed by atoms with E-state index < -0.39 is 0 Å². The van der Waals surface area contributed by atoms with Gasteiger partial charge >= 0.3 is 0 Å². The van der Waals surface area contributed by atoms with E-state index in [4.69, 9.17) is 23.2 Å². The zero-order valence-electron chi connectivity index (χ0n) is 17.6. The number of rotatable bonds is 10. The van der Waals surface area contributed by atoms with Gasteiger partial charge in [-0.1, -0.05) is 61.3 Å². The van der Waals surface area contributed by atoms with Crippen LogP contribution >= 0.6 is 23.2 Å². The van der Waals surface area contributed by atoms with Crippen molar-refractivity contribution in [2.75, 3.05) is 0 Å². The first-order valence-corrected chi connectivity index (χ1v) is 10.9. The second-order valence-corrected chi connectivity index (χ2v) is 7.63. The Morgan fingerprint density at radius 2 is 1.06 bits per heavy atom. The molecule has 31 heavy (non-hydrogen) atoms. The van der Waals surface area contributed by atoms with E-state index >= 15 is 0 Å². The molecule has 0 aromatic heterocycles. The molecule has 0 spiro atoms. The molecule has 0 atom stereocenters. The van der Waals surface area contributed by atoms with Crippen LogP contribution in [0, 0.1) is 0 Å². The highest BCUT2D eigenvalue weighted by molar-refractivity contribution is 6.31. The first-order valence-electron chi connectivity index (χ1n) is 10.2. The van der Waals surface area contributed by atoms with E-state index in [9.17, 15) is 9.59 Å². The van der Waals surface area contributed by atoms with Crippen molar-refractivity contribution in [3.63, 3.8) is 0 Å². The molecule has 0 bridgehead atoms. The molecule has 6 nitrogen and oxygen atoms in total. The van der Waals surface area contributed by atoms with Gasteiger partial charge in [0.15, 0.2) is 0 Å². The van der Waals surface area contributed by atoms with Crippen molar-refractivity contribution in [2.24, 2.45) is 10.2 Å². The van der Waals surface area contributed by atoms with Gasteiger partial charge in [0, 0.05) is 22.9 Å². The molecule has 0 saturated heterocycles. The van der Waals surface area contributed by atoms with Crippen LogP contribution in [-0.4, -0.2) is 23.2 Å². The number of hydrogen-bond acceptors (Lipinski definition) is 4. The summed E-state index contributed by atoms with van der Waals surface area (Å²) in [6, 6.07) is 14.5. The van der Waals surface area contributed by atoms with E-state index in [0.29, 0.717) is 29.3 Å². The second-order valence-electron chi connectivity index (χ2n) is 6.76. The average Bonchev–Trinajstić information content (AvgIpc) is 2.77. The fourth-order valence-electron chi connectivity index (χ4n) is 2.76. The van der Waals surface area contributed by atoms with Crippen molar-refractivity contribution in [3.05, 3.63) is 69.7 Å². The summed E-state index contributed by atoms with van der Waals surface area (Å²) in [5.74, 6) is -0.488. The van der Waals surface area contributed by atoms with Gasteiger partial charge < -0.3 is 0 Å². The number of halogens is 2. The number of carbonyl (C=O) groups is 2. The summed E-state index contributed by atoms with van der Waals surface area (Å²) in [6.07, 6.45) is 2.10. The van der Waals surface area contributed by atoms with Crippen molar-refractivity contribution in [2.45, 2.75) is 46.0 Å². The van der Waals surface area contributed by atoms with Gasteiger partial charge in [-0.2, -0.15) is 10.2 Å². The second kappa shape index (κ2) is 12.9. The lowest BCUT2D eigenvalue weighted by Gasteiger charge is -2.06. The highest BCUT2D eigenvalue weighted by Crippen LogP contribution is 2.12. The first-order chi connectivity index (χ1) is 14.9. The third kappa shape index (κ3) is 8.52. The highest BCUT2D eigenvalue weighted by atomic mass is 35.5. The lowest BCUT2D eigenvalue weighted by Crippen LogP contribution is -2.22. The predicted octanol–water partition coefficient (Wildman–Crippen LogP) is 5.32. The Morgan fingerprint density at radius 3 is 1.39 bits per heavy atom. The maximum absolute atomic E-state index is 12.0. The lowest BCUT2D eigenvalue weighted by atomic mass is 10.1. The number of benzene rings is 2. The summed E-state index contributed by atoms with van der Waals surface area (Å²) < 4.78 is 0. The topological polar surface area (TPSA) is 82.9 Å². The summed E-state index contributed by atoms with van der Waals surface area (Å²) in [4.78, 5) is 24.1. The van der Waals surface area contributed by atoms with E-state index in [1.807, 2.05) is 38.1 Å². The van der Waals surface area contributed by atoms with Gasteiger partial charge in [0.1, 0.15) is 0 Å². The lowest BCUT2D eigenvalue weighted by molar-refractivity contribution is -0.122. The van der Waals surface area contributed by atoms with Gasteiger partial charge in [-0.25, -0.2) is 10.9 Å². The van der Waals surface area contributed by atoms with Crippen molar-refractivity contribution in [1.29, 1.82) is 0 Å². The van der Waals surface area contributed by atoms with Crippen LogP contribution in [0.4, 0.5) is 0 Å². The van der Waals surface area contributed by atoms with E-state index in [-0.39, 0.29) is 24.7 Å². The van der Waals surface area contributed by atoms with Crippen LogP contribution in [0.25, 0.3) is 0 Å². The summed E-state index contributed by atoms with van der Waals surface area (Å²) in [5.41, 5.74) is 8.42. The number of nitrogens with one attached hydrogen (secondary N) is 2. The zero-order chi connectivity index (χ0) is 22.6. The fourth-order valence-corrected chi connectivity index (χ4v) is 3.01. The SMILES string of the molecule is CC/C(=N\NC(=O)CCCC(=O)N/N=C(\CC)c1ccc(Cl)cc1)c1ccc(Cl)cc1. The number of hydrazone groups is 2. The maximum Gasteiger partial charge on any atom is 0.240 e. The Labute approximate surface area is 192 Å². The van der Waals surface area contributed by atoms with Crippen LogP contribution in [0.1, 0.15) is 57.1 Å². The molecule has 2 aromatic carbocycles. The van der Waals surface area contributed by atoms with Crippen LogP contribution in [0.3, 0.4) is 0 Å². The van der Waals surface area contributed by atoms with Crippen molar-refractivity contribution in [1.82, 2.24) is 10.9 Å². The van der Waals surface area contributed by atoms with Crippen LogP contribution in [0.2, 0.25) is 10.0 Å². The summed E-state index contributed by atoms with van der Waals surface area (Å²) in [7, 11) is 0. The standard InChI is InChI=1S/C23H26Cl2N4O2/c1-3-20(16-8-12-18(24)13-9-16)26-28-22(30)6-5-7-23(31)29-27-21(4-2)17-10-14-19(25)15-11-17/h8-15H,3-7H2,1-2H3,(H,28,30)(H,29,31)/b26-20+,27-21+. The summed E-state index contributed by atoms with van der Waals surface area (Å²) in [6.45, 7) is 3.91. The third-order valence-corrected chi connectivity index (χ3v) is 4.97. The zero-order valence-corrected chi connectivity index (χ0v) is 19.1. The predicted molar refractivity (Wildman–Crippen MR) is 127 cm³/mol. The van der Waals surface area contributed by atoms with Crippen molar-refractivity contribution < 1.29 is 9.59 Å². The quantitative estimate of drug-likeness (QED) is 0.371. The smallest absolute Gasteiger partial charge is 0.240 e. The largest absolute Gasteiger partial charge is 0.273 e. The molecule has 0 aliphatic rings. The van der Waals surface area contributed by atoms with Gasteiger partial charge in [-0.3, -0.25) is 9.59 Å². The number of amides is 2. The third-order valence-electron chi connectivity index (χ3n) is 4.46. The number of carbonyl (C=O) groups excluding carboxylic acids is 2. The Balaban J connectivity index is 1.78. The van der Waals surface area contributed by atoms with E-state index in [1.54, 1.807) is 24.3 Å². The van der Waals surface area contributed by atoms with Gasteiger partial charge in [-0.05, 0) is 54.7 Å². The summed E-state index contributed by atoms with van der Waals surface area (Å²) in [5, 5.41) is 9.67. The van der Waals surface area contributed by atoms with E-state index in [0.717, 1.165) is 22.6 Å². The Hall–Kier alpha value is -2.70. The average molecular weight is 461 g/mol. The van der Waals surface area contributed by atoms with Crippen molar-refractivity contribution in [3.8, 4) is 0 Å². The highest BCUT2D eigenvalue weighted by Gasteiger charge is 2.07. The molecule has 0 heterocycles. The maximum atomic E-state index is 12.0. The molecule has 0 aliphatic carbocycles. The Bertz CT molecular complexity index is 862. The van der Waals surface area contributed by atoms with Crippen molar-refractivity contribution >= 4 is 46.4 Å². The molecule has 0 aliphatic heterocycles. The molecule has 0 radical (unpaired) electrons. The molecule has 0 fully saturated rings. The Kier molecular flexibility index (Phi) is 10.2. The van der Waals surface area contributed by atoms with E-state index in [2.05, 4.69) is 21.1 Å². The van der Waals surface area contributed by atoms with Gasteiger partial charge in [0.25, 0.3) is 0 Å². The molecule has 2 aromatic rings. The molecule has 8 heteroatoms. The number of nitrogens with zero attached hydrogens (tertiary/aromatic N) is 2. The molecule has 2 N–H and O–H groups in total. The minimum Gasteiger partial charge on any atom is -0.273 e. The normalized spacial score (nSPS) is 11.9. The first kappa shape index (κ1) is 24.6. The minimum atomic E-state index is -0.244. The molecular weight excluding hydrogens is 435 g/mol. The summed E-state index contributed by atoms with van der Waals surface area (Å²) >= 11 is 11.8. The van der Waals surface area contributed by atoms with Gasteiger partial charge in [-0.15, -0.1) is 0 Å². The molecular formula is C23H26Cl2N4O2. The van der Waals surface area contributed by atoms with Crippen LogP contribution < -0.4 is 10.9 Å². The fraction of sp³-hybridized carbons (Fsp3) is 0.304. The number of hydrogen-bond donors (Lipinski definition) is 2. The molecule has 0 unspecified atom stereocenters.